The molecule has 0 unspecified atom stereocenters. The van der Waals surface area contributed by atoms with E-state index < -0.39 is 0 Å². The van der Waals surface area contributed by atoms with Crippen molar-refractivity contribution in [1.82, 2.24) is 5.32 Å². The molecule has 1 amide bonds. The van der Waals surface area contributed by atoms with E-state index in [9.17, 15) is 14.0 Å². The van der Waals surface area contributed by atoms with Gasteiger partial charge in [0.2, 0.25) is 0 Å². The van der Waals surface area contributed by atoms with Gasteiger partial charge in [0.25, 0.3) is 5.91 Å². The molecule has 0 spiro atoms. The van der Waals surface area contributed by atoms with Crippen LogP contribution in [0, 0.1) is 5.82 Å². The molecule has 1 N–H and O–H groups in total. The van der Waals surface area contributed by atoms with Crippen molar-refractivity contribution in [1.29, 1.82) is 0 Å². The number of benzene rings is 2. The van der Waals surface area contributed by atoms with Crippen LogP contribution in [-0.4, -0.2) is 18.3 Å². The van der Waals surface area contributed by atoms with Gasteiger partial charge in [0.05, 0.1) is 6.04 Å². The van der Waals surface area contributed by atoms with Gasteiger partial charge in [0, 0.05) is 12.0 Å². The van der Waals surface area contributed by atoms with E-state index in [0.717, 1.165) is 5.56 Å². The summed E-state index contributed by atoms with van der Waals surface area (Å²) in [6.07, 6.45) is 0.448. The van der Waals surface area contributed by atoms with Crippen LogP contribution >= 0.6 is 0 Å². The molecule has 0 aliphatic heterocycles. The number of rotatable bonds is 7. The first-order valence-electron chi connectivity index (χ1n) is 7.80. The van der Waals surface area contributed by atoms with Gasteiger partial charge in [-0.05, 0) is 48.9 Å². The molecule has 0 aliphatic rings. The Bertz CT molecular complexity index is 696. The fraction of sp³-hybridized carbons (Fsp3) is 0.263. The predicted octanol–water partition coefficient (Wildman–Crippen LogP) is 3.67. The number of hydrogen-bond donors (Lipinski definition) is 1. The van der Waals surface area contributed by atoms with Crippen LogP contribution in [0.3, 0.4) is 0 Å². The normalized spacial score (nSPS) is 11.6. The summed E-state index contributed by atoms with van der Waals surface area (Å²) in [7, 11) is 0. The number of amides is 1. The van der Waals surface area contributed by atoms with Crippen LogP contribution < -0.4 is 10.1 Å². The minimum atomic E-state index is -0.314. The van der Waals surface area contributed by atoms with Gasteiger partial charge in [-0.1, -0.05) is 19.1 Å². The molecule has 2 rings (SSSR count). The minimum absolute atomic E-state index is 0.0624. The molecular weight excluding hydrogens is 309 g/mol. The van der Waals surface area contributed by atoms with E-state index in [1.807, 2.05) is 6.92 Å². The second kappa shape index (κ2) is 8.24. The van der Waals surface area contributed by atoms with Crippen molar-refractivity contribution in [3.8, 4) is 5.75 Å². The average Bonchev–Trinajstić information content (AvgIpc) is 2.60. The number of carbonyl (C=O) groups is 2. The van der Waals surface area contributed by atoms with Crippen molar-refractivity contribution in [2.24, 2.45) is 0 Å². The van der Waals surface area contributed by atoms with Gasteiger partial charge in [0.15, 0.2) is 12.4 Å². The minimum Gasteiger partial charge on any atom is -0.484 e. The van der Waals surface area contributed by atoms with Crippen molar-refractivity contribution in [2.45, 2.75) is 26.3 Å². The maximum absolute atomic E-state index is 12.9. The van der Waals surface area contributed by atoms with E-state index >= 15 is 0 Å². The molecule has 0 saturated heterocycles. The van der Waals surface area contributed by atoms with Crippen molar-refractivity contribution in [3.63, 3.8) is 0 Å². The molecule has 2 aromatic carbocycles. The van der Waals surface area contributed by atoms with Crippen molar-refractivity contribution < 1.29 is 18.7 Å². The van der Waals surface area contributed by atoms with Gasteiger partial charge >= 0.3 is 0 Å². The molecule has 0 aliphatic carbocycles. The van der Waals surface area contributed by atoms with Crippen molar-refractivity contribution in [3.05, 3.63) is 65.5 Å². The largest absolute Gasteiger partial charge is 0.484 e. The van der Waals surface area contributed by atoms with E-state index in [-0.39, 0.29) is 30.2 Å². The Morgan fingerprint density at radius 1 is 1.08 bits per heavy atom. The van der Waals surface area contributed by atoms with E-state index in [2.05, 4.69) is 5.32 Å². The third kappa shape index (κ3) is 4.91. The molecule has 2 aromatic rings. The van der Waals surface area contributed by atoms with Gasteiger partial charge in [-0.15, -0.1) is 0 Å². The maximum Gasteiger partial charge on any atom is 0.258 e. The molecule has 5 heteroatoms. The molecule has 0 aromatic heterocycles. The van der Waals surface area contributed by atoms with Crippen LogP contribution in [0.4, 0.5) is 4.39 Å². The smallest absolute Gasteiger partial charge is 0.258 e. The van der Waals surface area contributed by atoms with Crippen LogP contribution in [0.5, 0.6) is 5.75 Å². The molecule has 1 atom stereocenters. The van der Waals surface area contributed by atoms with Gasteiger partial charge < -0.3 is 10.1 Å². The first-order chi connectivity index (χ1) is 11.5. The number of hydrogen-bond acceptors (Lipinski definition) is 3. The van der Waals surface area contributed by atoms with E-state index in [1.54, 1.807) is 43.3 Å². The third-order valence-corrected chi connectivity index (χ3v) is 3.61. The molecule has 0 saturated carbocycles. The van der Waals surface area contributed by atoms with Gasteiger partial charge in [-0.2, -0.15) is 0 Å². The SMILES string of the molecule is CCC(=O)c1ccc(OCC(=O)N[C@H](C)c2ccc(F)cc2)cc1. The molecule has 0 radical (unpaired) electrons. The Morgan fingerprint density at radius 2 is 1.71 bits per heavy atom. The van der Waals surface area contributed by atoms with Crippen LogP contribution in [0.2, 0.25) is 0 Å². The molecule has 24 heavy (non-hydrogen) atoms. The second-order valence-corrected chi connectivity index (χ2v) is 5.43. The molecule has 0 bridgehead atoms. The molecule has 0 fully saturated rings. The van der Waals surface area contributed by atoms with E-state index in [4.69, 9.17) is 4.74 Å². The van der Waals surface area contributed by atoms with Gasteiger partial charge in [-0.25, -0.2) is 4.39 Å². The lowest BCUT2D eigenvalue weighted by Gasteiger charge is -2.14. The topological polar surface area (TPSA) is 55.4 Å². The number of carbonyl (C=O) groups excluding carboxylic acids is 2. The number of ether oxygens (including phenoxy) is 1. The first-order valence-corrected chi connectivity index (χ1v) is 7.80. The zero-order valence-electron chi connectivity index (χ0n) is 13.7. The Hall–Kier alpha value is -2.69. The number of nitrogens with one attached hydrogen (secondary N) is 1. The van der Waals surface area contributed by atoms with Crippen LogP contribution in [0.15, 0.2) is 48.5 Å². The zero-order valence-corrected chi connectivity index (χ0v) is 13.7. The first kappa shape index (κ1) is 17.7. The zero-order chi connectivity index (χ0) is 17.5. The highest BCUT2D eigenvalue weighted by Crippen LogP contribution is 2.15. The van der Waals surface area contributed by atoms with Crippen LogP contribution in [0.25, 0.3) is 0 Å². The summed E-state index contributed by atoms with van der Waals surface area (Å²) in [6.45, 7) is 3.49. The number of Topliss-reactive ketones (excluding diaryl/α,β-unsaturated/α-hetero) is 1. The second-order valence-electron chi connectivity index (χ2n) is 5.43. The molecular formula is C19H20FNO3. The van der Waals surface area contributed by atoms with Gasteiger partial charge in [0.1, 0.15) is 11.6 Å². The monoisotopic (exact) mass is 329 g/mol. The number of halogens is 1. The summed E-state index contributed by atoms with van der Waals surface area (Å²) in [5.74, 6) is -0.00852. The molecule has 126 valence electrons. The average molecular weight is 329 g/mol. The summed E-state index contributed by atoms with van der Waals surface area (Å²) in [5.41, 5.74) is 1.44. The van der Waals surface area contributed by atoms with Crippen molar-refractivity contribution >= 4 is 11.7 Å². The fourth-order valence-electron chi connectivity index (χ4n) is 2.21. The van der Waals surface area contributed by atoms with E-state index in [1.165, 1.54) is 12.1 Å². The molecule has 4 nitrogen and oxygen atoms in total. The summed E-state index contributed by atoms with van der Waals surface area (Å²) < 4.78 is 18.3. The Balaban J connectivity index is 1.84. The van der Waals surface area contributed by atoms with Crippen LogP contribution in [0.1, 0.15) is 42.2 Å². The maximum atomic E-state index is 12.9. The Labute approximate surface area is 140 Å². The summed E-state index contributed by atoms with van der Waals surface area (Å²) in [4.78, 5) is 23.5. The molecule has 0 heterocycles. The van der Waals surface area contributed by atoms with Crippen LogP contribution in [-0.2, 0) is 4.79 Å². The fourth-order valence-corrected chi connectivity index (χ4v) is 2.21. The predicted molar refractivity (Wildman–Crippen MR) is 89.5 cm³/mol. The lowest BCUT2D eigenvalue weighted by molar-refractivity contribution is -0.123. The highest BCUT2D eigenvalue weighted by molar-refractivity contribution is 5.95. The van der Waals surface area contributed by atoms with Gasteiger partial charge in [-0.3, -0.25) is 9.59 Å². The number of ketones is 1. The van der Waals surface area contributed by atoms with E-state index in [0.29, 0.717) is 17.7 Å². The Morgan fingerprint density at radius 3 is 2.29 bits per heavy atom. The lowest BCUT2D eigenvalue weighted by atomic mass is 10.1. The van der Waals surface area contributed by atoms with Crippen molar-refractivity contribution in [2.75, 3.05) is 6.61 Å². The Kier molecular flexibility index (Phi) is 6.07. The lowest BCUT2D eigenvalue weighted by Crippen LogP contribution is -2.31. The quantitative estimate of drug-likeness (QED) is 0.789. The summed E-state index contributed by atoms with van der Waals surface area (Å²) >= 11 is 0. The third-order valence-electron chi connectivity index (χ3n) is 3.61. The summed E-state index contributed by atoms with van der Waals surface area (Å²) in [6, 6.07) is 12.4. The summed E-state index contributed by atoms with van der Waals surface area (Å²) in [5, 5.41) is 2.78. The standard InChI is InChI=1S/C19H20FNO3/c1-3-18(22)15-6-10-17(11-7-15)24-12-19(23)21-13(2)14-4-8-16(20)9-5-14/h4-11,13H,3,12H2,1-2H3,(H,21,23)/t13-/m1/s1. The highest BCUT2D eigenvalue weighted by atomic mass is 19.1. The highest BCUT2D eigenvalue weighted by Gasteiger charge is 2.10.